The molecule has 0 aliphatic carbocycles. The highest BCUT2D eigenvalue weighted by Crippen LogP contribution is 2.32. The second-order valence-corrected chi connectivity index (χ2v) is 8.82. The van der Waals surface area contributed by atoms with E-state index in [4.69, 9.17) is 21.3 Å². The van der Waals surface area contributed by atoms with Crippen LogP contribution in [0.2, 0.25) is 5.02 Å². The largest absolute Gasteiger partial charge is 0.379 e. The number of halogens is 1. The van der Waals surface area contributed by atoms with Crippen molar-refractivity contribution in [1.29, 1.82) is 5.26 Å². The van der Waals surface area contributed by atoms with Crippen molar-refractivity contribution < 1.29 is 4.74 Å². The first-order valence-electron chi connectivity index (χ1n) is 11.3. The number of imidazole rings is 1. The number of nitriles is 1. The fraction of sp³-hybridized carbons (Fsp3) is 0.308. The molecule has 3 heterocycles. The van der Waals surface area contributed by atoms with Crippen LogP contribution in [-0.4, -0.2) is 53.7 Å². The van der Waals surface area contributed by atoms with Crippen LogP contribution in [0.1, 0.15) is 22.3 Å². The number of rotatable bonds is 6. The van der Waals surface area contributed by atoms with Gasteiger partial charge in [-0.1, -0.05) is 35.9 Å². The molecule has 4 aromatic rings. The molecule has 2 aromatic heterocycles. The van der Waals surface area contributed by atoms with Crippen LogP contribution < -0.4 is 5.32 Å². The zero-order valence-electron chi connectivity index (χ0n) is 18.6. The number of fused-ring (bicyclic) bond motifs is 3. The molecule has 0 saturated carbocycles. The average Bonchev–Trinajstić information content (AvgIpc) is 3.22. The molecule has 0 amide bonds. The summed E-state index contributed by atoms with van der Waals surface area (Å²) >= 11 is 6.11. The Morgan fingerprint density at radius 2 is 1.88 bits per heavy atom. The van der Waals surface area contributed by atoms with Gasteiger partial charge < -0.3 is 10.1 Å². The Hall–Kier alpha value is -3.11. The number of hydrogen-bond acceptors (Lipinski definition) is 5. The first-order valence-corrected chi connectivity index (χ1v) is 11.6. The number of nitrogens with one attached hydrogen (secondary N) is 1. The Kier molecular flexibility index (Phi) is 6.19. The predicted molar refractivity (Wildman–Crippen MR) is 132 cm³/mol. The molecule has 1 aliphatic heterocycles. The fourth-order valence-electron chi connectivity index (χ4n) is 4.55. The SMILES string of the molecule is Cc1c(Cc2ccc(Cl)cc2)c(NCCN2CCOCC2)n2c(nc3ccccc32)c1C#N. The summed E-state index contributed by atoms with van der Waals surface area (Å²) in [7, 11) is 0. The lowest BCUT2D eigenvalue weighted by atomic mass is 9.97. The van der Waals surface area contributed by atoms with Crippen LogP contribution >= 0.6 is 11.6 Å². The van der Waals surface area contributed by atoms with Gasteiger partial charge in [-0.2, -0.15) is 5.26 Å². The minimum absolute atomic E-state index is 0.619. The predicted octanol–water partition coefficient (Wildman–Crippen LogP) is 4.66. The summed E-state index contributed by atoms with van der Waals surface area (Å²) in [5, 5.41) is 14.5. The van der Waals surface area contributed by atoms with Gasteiger partial charge in [-0.3, -0.25) is 9.30 Å². The van der Waals surface area contributed by atoms with Gasteiger partial charge in [-0.15, -0.1) is 0 Å². The number of pyridine rings is 1. The van der Waals surface area contributed by atoms with E-state index in [1.165, 1.54) is 0 Å². The van der Waals surface area contributed by atoms with E-state index < -0.39 is 0 Å². The van der Waals surface area contributed by atoms with Gasteiger partial charge in [0.05, 0.1) is 29.8 Å². The Morgan fingerprint density at radius 3 is 2.64 bits per heavy atom. The van der Waals surface area contributed by atoms with E-state index in [-0.39, 0.29) is 0 Å². The number of benzene rings is 2. The monoisotopic (exact) mass is 459 g/mol. The molecule has 6 nitrogen and oxygen atoms in total. The number of anilines is 1. The summed E-state index contributed by atoms with van der Waals surface area (Å²) in [5.74, 6) is 0.999. The summed E-state index contributed by atoms with van der Waals surface area (Å²) in [5.41, 5.74) is 6.41. The molecule has 0 spiro atoms. The quantitative estimate of drug-likeness (QED) is 0.454. The summed E-state index contributed by atoms with van der Waals surface area (Å²) < 4.78 is 7.60. The molecule has 33 heavy (non-hydrogen) atoms. The highest BCUT2D eigenvalue weighted by Gasteiger charge is 2.21. The van der Waals surface area contributed by atoms with Crippen LogP contribution in [-0.2, 0) is 11.2 Å². The molecule has 1 fully saturated rings. The van der Waals surface area contributed by atoms with E-state index in [9.17, 15) is 5.26 Å². The lowest BCUT2D eigenvalue weighted by Gasteiger charge is -2.27. The summed E-state index contributed by atoms with van der Waals surface area (Å²) in [6, 6.07) is 18.4. The van der Waals surface area contributed by atoms with E-state index in [1.54, 1.807) is 0 Å². The van der Waals surface area contributed by atoms with Crippen molar-refractivity contribution in [2.24, 2.45) is 0 Å². The van der Waals surface area contributed by atoms with Gasteiger partial charge in [0.15, 0.2) is 5.65 Å². The summed E-state index contributed by atoms with van der Waals surface area (Å²) in [6.07, 6.45) is 0.694. The van der Waals surface area contributed by atoms with Gasteiger partial charge in [0.25, 0.3) is 0 Å². The number of hydrogen-bond donors (Lipinski definition) is 1. The Balaban J connectivity index is 1.62. The smallest absolute Gasteiger partial charge is 0.157 e. The van der Waals surface area contributed by atoms with Crippen LogP contribution in [0.4, 0.5) is 5.82 Å². The standard InChI is InChI=1S/C26H26ClN5O/c1-18-21(16-19-6-8-20(27)9-7-19)25(29-10-11-31-12-14-33-15-13-31)32-24-5-3-2-4-23(24)30-26(32)22(18)17-28/h2-9,29H,10-16H2,1H3. The van der Waals surface area contributed by atoms with Crippen LogP contribution in [0.25, 0.3) is 16.7 Å². The molecule has 0 atom stereocenters. The van der Waals surface area contributed by atoms with Crippen molar-refractivity contribution in [2.75, 3.05) is 44.7 Å². The molecule has 1 N–H and O–H groups in total. The van der Waals surface area contributed by atoms with Gasteiger partial charge in [0.2, 0.25) is 0 Å². The topological polar surface area (TPSA) is 65.6 Å². The van der Waals surface area contributed by atoms with Crippen molar-refractivity contribution in [3.8, 4) is 6.07 Å². The third-order valence-electron chi connectivity index (χ3n) is 6.35. The Bertz CT molecular complexity index is 1330. The second kappa shape index (κ2) is 9.40. The van der Waals surface area contributed by atoms with Crippen molar-refractivity contribution in [3.05, 3.63) is 75.8 Å². The molecular weight excluding hydrogens is 434 g/mol. The van der Waals surface area contributed by atoms with Crippen molar-refractivity contribution in [1.82, 2.24) is 14.3 Å². The van der Waals surface area contributed by atoms with E-state index in [0.717, 1.165) is 72.9 Å². The average molecular weight is 460 g/mol. The van der Waals surface area contributed by atoms with Crippen LogP contribution in [0.3, 0.4) is 0 Å². The third-order valence-corrected chi connectivity index (χ3v) is 6.60. The highest BCUT2D eigenvalue weighted by atomic mass is 35.5. The van der Waals surface area contributed by atoms with Gasteiger partial charge in [0.1, 0.15) is 11.9 Å². The van der Waals surface area contributed by atoms with Crippen LogP contribution in [0, 0.1) is 18.3 Å². The Labute approximate surface area is 198 Å². The van der Waals surface area contributed by atoms with Crippen molar-refractivity contribution >= 4 is 34.1 Å². The molecule has 2 aromatic carbocycles. The maximum absolute atomic E-state index is 10.0. The maximum Gasteiger partial charge on any atom is 0.157 e. The molecule has 0 unspecified atom stereocenters. The van der Waals surface area contributed by atoms with Gasteiger partial charge in [-0.05, 0) is 42.3 Å². The molecule has 0 bridgehead atoms. The zero-order valence-corrected chi connectivity index (χ0v) is 19.4. The summed E-state index contributed by atoms with van der Waals surface area (Å²) in [6.45, 7) is 7.22. The number of nitrogens with zero attached hydrogens (tertiary/aromatic N) is 4. The van der Waals surface area contributed by atoms with Crippen molar-refractivity contribution in [2.45, 2.75) is 13.3 Å². The van der Waals surface area contributed by atoms with Gasteiger partial charge in [0, 0.05) is 43.2 Å². The molecule has 1 saturated heterocycles. The van der Waals surface area contributed by atoms with E-state index in [2.05, 4.69) is 26.8 Å². The van der Waals surface area contributed by atoms with Crippen LogP contribution in [0.15, 0.2) is 48.5 Å². The van der Waals surface area contributed by atoms with Crippen LogP contribution in [0.5, 0.6) is 0 Å². The summed E-state index contributed by atoms with van der Waals surface area (Å²) in [4.78, 5) is 7.23. The highest BCUT2D eigenvalue weighted by molar-refractivity contribution is 6.30. The van der Waals surface area contributed by atoms with Gasteiger partial charge in [-0.25, -0.2) is 4.98 Å². The molecular formula is C26H26ClN5O. The number of morpholine rings is 1. The minimum atomic E-state index is 0.619. The Morgan fingerprint density at radius 1 is 1.12 bits per heavy atom. The number of ether oxygens (including phenoxy) is 1. The molecule has 1 aliphatic rings. The van der Waals surface area contributed by atoms with Crippen molar-refractivity contribution in [3.63, 3.8) is 0 Å². The van der Waals surface area contributed by atoms with E-state index >= 15 is 0 Å². The first-order chi connectivity index (χ1) is 16.2. The first kappa shape index (κ1) is 21.7. The maximum atomic E-state index is 10.0. The number of para-hydroxylation sites is 2. The normalized spacial score (nSPS) is 14.6. The van der Waals surface area contributed by atoms with Gasteiger partial charge >= 0.3 is 0 Å². The van der Waals surface area contributed by atoms with E-state index in [1.807, 2.05) is 49.4 Å². The number of aromatic nitrogens is 2. The fourth-order valence-corrected chi connectivity index (χ4v) is 4.68. The minimum Gasteiger partial charge on any atom is -0.379 e. The zero-order chi connectivity index (χ0) is 22.8. The molecule has 168 valence electrons. The lowest BCUT2D eigenvalue weighted by molar-refractivity contribution is 0.0398. The molecule has 5 rings (SSSR count). The van der Waals surface area contributed by atoms with E-state index in [0.29, 0.717) is 22.7 Å². The second-order valence-electron chi connectivity index (χ2n) is 8.38. The molecule has 0 radical (unpaired) electrons. The lowest BCUT2D eigenvalue weighted by Crippen LogP contribution is -2.39. The molecule has 7 heteroatoms. The third kappa shape index (κ3) is 4.28.